The predicted molar refractivity (Wildman–Crippen MR) is 116 cm³/mol. The molecular weight excluding hydrogens is 424 g/mol. The zero-order chi connectivity index (χ0) is 22.5. The van der Waals surface area contributed by atoms with Crippen molar-refractivity contribution < 1.29 is 13.5 Å². The summed E-state index contributed by atoms with van der Waals surface area (Å²) in [6.45, 7) is 4.60. The van der Waals surface area contributed by atoms with Crippen LogP contribution in [0.2, 0.25) is 5.15 Å². The Labute approximate surface area is 186 Å². The van der Waals surface area contributed by atoms with E-state index in [0.717, 1.165) is 25.8 Å². The van der Waals surface area contributed by atoms with Gasteiger partial charge in [0.1, 0.15) is 28.5 Å². The zero-order valence-electron chi connectivity index (χ0n) is 18.0. The number of anilines is 1. The highest BCUT2D eigenvalue weighted by atomic mass is 35.5. The van der Waals surface area contributed by atoms with E-state index in [4.69, 9.17) is 21.6 Å². The molecule has 31 heavy (non-hydrogen) atoms. The van der Waals surface area contributed by atoms with Gasteiger partial charge in [0.25, 0.3) is 0 Å². The number of ether oxygens (including phenoxy) is 1. The third-order valence-corrected chi connectivity index (χ3v) is 5.66. The van der Waals surface area contributed by atoms with Crippen LogP contribution < -0.4 is 9.64 Å². The van der Waals surface area contributed by atoms with Crippen molar-refractivity contribution >= 4 is 17.3 Å². The number of piperidine rings is 1. The molecule has 1 saturated heterocycles. The number of nitriles is 1. The highest BCUT2D eigenvalue weighted by Crippen LogP contribution is 2.42. The lowest BCUT2D eigenvalue weighted by molar-refractivity contribution is 0.279. The molecule has 1 aliphatic rings. The Bertz CT molecular complexity index is 971. The summed E-state index contributed by atoms with van der Waals surface area (Å²) < 4.78 is 36.7. The highest BCUT2D eigenvalue weighted by molar-refractivity contribution is 6.32. The first-order valence-corrected chi connectivity index (χ1v) is 10.7. The number of rotatable bonds is 7. The summed E-state index contributed by atoms with van der Waals surface area (Å²) in [5.41, 5.74) is -0.0845. The molecule has 1 fully saturated rings. The van der Waals surface area contributed by atoms with E-state index in [1.165, 1.54) is 12.3 Å². The summed E-state index contributed by atoms with van der Waals surface area (Å²) in [6, 6.07) is 2.97. The van der Waals surface area contributed by atoms with E-state index in [0.29, 0.717) is 25.6 Å². The molecule has 0 atom stereocenters. The molecule has 0 radical (unpaired) electrons. The standard InChI is InChI=1S/C22H26ClF2N5O/c1-14-5-8-30(9-6-14)21-17(31-10-4-7-29(2)3)11-16(24)19(20(21)25)15-13-27-18(12-26)28-22(15)23/h11,13-14H,4-10H2,1-3H3. The Morgan fingerprint density at radius 1 is 1.32 bits per heavy atom. The highest BCUT2D eigenvalue weighted by Gasteiger charge is 2.28. The number of aromatic nitrogens is 2. The molecule has 1 aromatic carbocycles. The second kappa shape index (κ2) is 10.2. The Kier molecular flexibility index (Phi) is 7.63. The molecule has 0 N–H and O–H groups in total. The van der Waals surface area contributed by atoms with Gasteiger partial charge < -0.3 is 14.5 Å². The molecular formula is C22H26ClF2N5O. The minimum Gasteiger partial charge on any atom is -0.491 e. The Morgan fingerprint density at radius 3 is 2.65 bits per heavy atom. The van der Waals surface area contributed by atoms with Crippen LogP contribution in [0.3, 0.4) is 0 Å². The normalized spacial score (nSPS) is 14.7. The van der Waals surface area contributed by atoms with Crippen molar-refractivity contribution in [1.82, 2.24) is 14.9 Å². The predicted octanol–water partition coefficient (Wildman–Crippen LogP) is 4.51. The molecule has 1 aromatic heterocycles. The number of hydrogen-bond donors (Lipinski definition) is 0. The van der Waals surface area contributed by atoms with Crippen molar-refractivity contribution in [1.29, 1.82) is 5.26 Å². The maximum absolute atomic E-state index is 15.8. The molecule has 0 aliphatic carbocycles. The third kappa shape index (κ3) is 5.41. The van der Waals surface area contributed by atoms with E-state index >= 15 is 8.78 Å². The maximum atomic E-state index is 15.8. The molecule has 0 spiro atoms. The minimum absolute atomic E-state index is 0.00134. The quantitative estimate of drug-likeness (QED) is 0.457. The van der Waals surface area contributed by atoms with E-state index in [9.17, 15) is 0 Å². The summed E-state index contributed by atoms with van der Waals surface area (Å²) in [5, 5.41) is 8.76. The van der Waals surface area contributed by atoms with Gasteiger partial charge in [-0.1, -0.05) is 18.5 Å². The molecule has 3 rings (SSSR count). The van der Waals surface area contributed by atoms with Crippen molar-refractivity contribution in [2.75, 3.05) is 45.2 Å². The van der Waals surface area contributed by atoms with Crippen LogP contribution in [0.1, 0.15) is 32.0 Å². The van der Waals surface area contributed by atoms with Crippen LogP contribution in [0.15, 0.2) is 12.3 Å². The van der Waals surface area contributed by atoms with Crippen LogP contribution in [0.5, 0.6) is 5.75 Å². The maximum Gasteiger partial charge on any atom is 0.233 e. The van der Waals surface area contributed by atoms with Gasteiger partial charge in [0.05, 0.1) is 12.2 Å². The SMILES string of the molecule is CC1CCN(c2c(OCCCN(C)C)cc(F)c(-c3cnc(C#N)nc3Cl)c2F)CC1. The molecule has 2 aromatic rings. The van der Waals surface area contributed by atoms with E-state index in [-0.39, 0.29) is 33.5 Å². The smallest absolute Gasteiger partial charge is 0.233 e. The van der Waals surface area contributed by atoms with Crippen LogP contribution in [0.4, 0.5) is 14.5 Å². The largest absolute Gasteiger partial charge is 0.491 e. The van der Waals surface area contributed by atoms with Crippen LogP contribution in [-0.2, 0) is 0 Å². The third-order valence-electron chi connectivity index (χ3n) is 5.38. The van der Waals surface area contributed by atoms with Gasteiger partial charge in [0.15, 0.2) is 5.82 Å². The lowest BCUT2D eigenvalue weighted by Crippen LogP contribution is -2.34. The average Bonchev–Trinajstić information content (AvgIpc) is 2.73. The molecule has 0 unspecified atom stereocenters. The fraction of sp³-hybridized carbons (Fsp3) is 0.500. The van der Waals surface area contributed by atoms with E-state index < -0.39 is 11.6 Å². The Hall–Kier alpha value is -2.50. The lowest BCUT2D eigenvalue weighted by Gasteiger charge is -2.34. The summed E-state index contributed by atoms with van der Waals surface area (Å²) in [6.07, 6.45) is 3.72. The van der Waals surface area contributed by atoms with Crippen LogP contribution in [0, 0.1) is 28.9 Å². The lowest BCUT2D eigenvalue weighted by atomic mass is 9.97. The van der Waals surface area contributed by atoms with Crippen molar-refractivity contribution in [2.45, 2.75) is 26.2 Å². The van der Waals surface area contributed by atoms with Crippen LogP contribution in [-0.4, -0.2) is 55.2 Å². The summed E-state index contributed by atoms with van der Waals surface area (Å²) in [5.74, 6) is -1.01. The summed E-state index contributed by atoms with van der Waals surface area (Å²) in [7, 11) is 3.91. The van der Waals surface area contributed by atoms with Crippen molar-refractivity contribution in [3.05, 3.63) is 34.9 Å². The molecule has 6 nitrogen and oxygen atoms in total. The van der Waals surface area contributed by atoms with Crippen LogP contribution in [0.25, 0.3) is 11.1 Å². The Morgan fingerprint density at radius 2 is 2.03 bits per heavy atom. The van der Waals surface area contributed by atoms with Gasteiger partial charge in [-0.3, -0.25) is 0 Å². The van der Waals surface area contributed by atoms with E-state index in [1.807, 2.05) is 23.9 Å². The first-order valence-electron chi connectivity index (χ1n) is 10.3. The van der Waals surface area contributed by atoms with Crippen LogP contribution >= 0.6 is 11.6 Å². The molecule has 1 aliphatic heterocycles. The van der Waals surface area contributed by atoms with Gasteiger partial charge in [-0.15, -0.1) is 0 Å². The fourth-order valence-corrected chi connectivity index (χ4v) is 3.84. The van der Waals surface area contributed by atoms with Gasteiger partial charge in [-0.05, 0) is 39.3 Å². The number of benzene rings is 1. The van der Waals surface area contributed by atoms with E-state index in [1.54, 1.807) is 6.07 Å². The van der Waals surface area contributed by atoms with Gasteiger partial charge in [0, 0.05) is 37.5 Å². The molecule has 9 heteroatoms. The van der Waals surface area contributed by atoms with E-state index in [2.05, 4.69) is 16.9 Å². The van der Waals surface area contributed by atoms with Gasteiger partial charge in [-0.25, -0.2) is 18.7 Å². The zero-order valence-corrected chi connectivity index (χ0v) is 18.7. The number of nitrogens with zero attached hydrogens (tertiary/aromatic N) is 5. The minimum atomic E-state index is -0.815. The second-order valence-electron chi connectivity index (χ2n) is 8.08. The molecule has 0 bridgehead atoms. The summed E-state index contributed by atoms with van der Waals surface area (Å²) in [4.78, 5) is 11.6. The van der Waals surface area contributed by atoms with Gasteiger partial charge in [0.2, 0.25) is 5.82 Å². The van der Waals surface area contributed by atoms with Crippen molar-refractivity contribution in [2.24, 2.45) is 5.92 Å². The first kappa shape index (κ1) is 23.2. The second-order valence-corrected chi connectivity index (χ2v) is 8.44. The van der Waals surface area contributed by atoms with Gasteiger partial charge in [-0.2, -0.15) is 5.26 Å². The van der Waals surface area contributed by atoms with Crippen molar-refractivity contribution in [3.63, 3.8) is 0 Å². The molecule has 0 amide bonds. The molecule has 2 heterocycles. The average molecular weight is 450 g/mol. The van der Waals surface area contributed by atoms with Gasteiger partial charge >= 0.3 is 0 Å². The topological polar surface area (TPSA) is 65.3 Å². The summed E-state index contributed by atoms with van der Waals surface area (Å²) >= 11 is 6.13. The molecule has 166 valence electrons. The fourth-order valence-electron chi connectivity index (χ4n) is 3.62. The number of hydrogen-bond acceptors (Lipinski definition) is 6. The number of halogens is 3. The first-order chi connectivity index (χ1) is 14.8. The van der Waals surface area contributed by atoms with Crippen molar-refractivity contribution in [3.8, 4) is 22.9 Å². The Balaban J connectivity index is 2.03. The monoisotopic (exact) mass is 449 g/mol. The molecule has 0 saturated carbocycles.